The quantitative estimate of drug-likeness (QED) is 0.714. The van der Waals surface area contributed by atoms with E-state index < -0.39 is 23.8 Å². The molecule has 0 saturated heterocycles. The van der Waals surface area contributed by atoms with Crippen molar-refractivity contribution in [3.63, 3.8) is 0 Å². The van der Waals surface area contributed by atoms with Gasteiger partial charge in [-0.1, -0.05) is 43.2 Å². The lowest BCUT2D eigenvalue weighted by Crippen LogP contribution is -2.40. The molecule has 1 amide bonds. The van der Waals surface area contributed by atoms with Crippen LogP contribution in [0, 0.1) is 0 Å². The first kappa shape index (κ1) is 20.9. The van der Waals surface area contributed by atoms with E-state index in [1.54, 1.807) is 18.2 Å². The van der Waals surface area contributed by atoms with E-state index in [1.807, 2.05) is 0 Å². The standard InChI is InChI=1S/C22H22F3NO3/c1-14(20(27)26-17-6-2-3-7-17)29-21(28)19-9-5-4-8-18(19)15-10-12-16(13-11-15)22(23,24)25/h4-5,8-14,17H,2-3,6-7H2,1H3,(H,26,27)/t14-/m1/s1. The fourth-order valence-corrected chi connectivity index (χ4v) is 3.42. The van der Waals surface area contributed by atoms with Crippen molar-refractivity contribution in [1.82, 2.24) is 5.32 Å². The van der Waals surface area contributed by atoms with E-state index in [0.29, 0.717) is 11.1 Å². The molecule has 2 aromatic rings. The van der Waals surface area contributed by atoms with Crippen LogP contribution in [-0.4, -0.2) is 24.0 Å². The third-order valence-electron chi connectivity index (χ3n) is 5.02. The van der Waals surface area contributed by atoms with Crippen LogP contribution in [0.1, 0.15) is 48.5 Å². The minimum absolute atomic E-state index is 0.114. The predicted octanol–water partition coefficient (Wildman–Crippen LogP) is 4.98. The molecule has 1 atom stereocenters. The van der Waals surface area contributed by atoms with Gasteiger partial charge in [-0.25, -0.2) is 4.79 Å². The Morgan fingerprint density at radius 2 is 1.66 bits per heavy atom. The summed E-state index contributed by atoms with van der Waals surface area (Å²) >= 11 is 0. The Kier molecular flexibility index (Phi) is 6.25. The number of amides is 1. The molecule has 29 heavy (non-hydrogen) atoms. The molecule has 0 radical (unpaired) electrons. The number of benzene rings is 2. The topological polar surface area (TPSA) is 55.4 Å². The van der Waals surface area contributed by atoms with Gasteiger partial charge in [-0.15, -0.1) is 0 Å². The summed E-state index contributed by atoms with van der Waals surface area (Å²) in [5, 5.41) is 2.88. The van der Waals surface area contributed by atoms with Crippen molar-refractivity contribution in [2.75, 3.05) is 0 Å². The lowest BCUT2D eigenvalue weighted by atomic mass is 9.98. The Balaban J connectivity index is 1.74. The molecule has 7 heteroatoms. The van der Waals surface area contributed by atoms with Crippen molar-refractivity contribution in [2.45, 2.75) is 50.9 Å². The number of ether oxygens (including phenoxy) is 1. The fraction of sp³-hybridized carbons (Fsp3) is 0.364. The van der Waals surface area contributed by atoms with Gasteiger partial charge in [0.25, 0.3) is 5.91 Å². The zero-order valence-corrected chi connectivity index (χ0v) is 16.0. The van der Waals surface area contributed by atoms with Crippen LogP contribution in [0.15, 0.2) is 48.5 Å². The Hall–Kier alpha value is -2.83. The number of carbonyl (C=O) groups excluding carboxylic acids is 2. The number of alkyl halides is 3. The average molecular weight is 405 g/mol. The second kappa shape index (κ2) is 8.68. The first-order chi connectivity index (χ1) is 13.8. The first-order valence-electron chi connectivity index (χ1n) is 9.53. The number of hydrogen-bond acceptors (Lipinski definition) is 3. The highest BCUT2D eigenvalue weighted by Crippen LogP contribution is 2.32. The van der Waals surface area contributed by atoms with Gasteiger partial charge in [0.1, 0.15) is 0 Å². The van der Waals surface area contributed by atoms with Gasteiger partial charge >= 0.3 is 12.1 Å². The third kappa shape index (κ3) is 5.16. The van der Waals surface area contributed by atoms with Crippen LogP contribution in [0.4, 0.5) is 13.2 Å². The molecule has 4 nitrogen and oxygen atoms in total. The summed E-state index contributed by atoms with van der Waals surface area (Å²) in [4.78, 5) is 24.9. The van der Waals surface area contributed by atoms with Gasteiger partial charge in [-0.3, -0.25) is 4.79 Å². The SMILES string of the molecule is C[C@@H](OC(=O)c1ccccc1-c1ccc(C(F)(F)F)cc1)C(=O)NC1CCCC1. The normalized spacial score (nSPS) is 15.7. The minimum Gasteiger partial charge on any atom is -0.449 e. The van der Waals surface area contributed by atoms with Crippen molar-refractivity contribution in [2.24, 2.45) is 0 Å². The molecule has 0 heterocycles. The van der Waals surface area contributed by atoms with Gasteiger partial charge < -0.3 is 10.1 Å². The highest BCUT2D eigenvalue weighted by atomic mass is 19.4. The molecule has 0 bridgehead atoms. The van der Waals surface area contributed by atoms with Crippen molar-refractivity contribution in [3.05, 3.63) is 59.7 Å². The van der Waals surface area contributed by atoms with Crippen molar-refractivity contribution in [3.8, 4) is 11.1 Å². The van der Waals surface area contributed by atoms with Gasteiger partial charge in [-0.2, -0.15) is 13.2 Å². The fourth-order valence-electron chi connectivity index (χ4n) is 3.42. The summed E-state index contributed by atoms with van der Waals surface area (Å²) in [7, 11) is 0. The van der Waals surface area contributed by atoms with Gasteiger partial charge in [-0.05, 0) is 49.1 Å². The average Bonchev–Trinajstić information content (AvgIpc) is 3.20. The van der Waals surface area contributed by atoms with E-state index >= 15 is 0 Å². The number of rotatable bonds is 5. The Labute approximate surface area is 167 Å². The molecule has 1 saturated carbocycles. The maximum absolute atomic E-state index is 12.8. The molecule has 1 fully saturated rings. The van der Waals surface area contributed by atoms with E-state index in [-0.39, 0.29) is 17.5 Å². The van der Waals surface area contributed by atoms with Crippen LogP contribution in [0.25, 0.3) is 11.1 Å². The molecule has 3 rings (SSSR count). The zero-order chi connectivity index (χ0) is 21.0. The van der Waals surface area contributed by atoms with Crippen LogP contribution >= 0.6 is 0 Å². The number of esters is 1. The van der Waals surface area contributed by atoms with Gasteiger partial charge in [0, 0.05) is 6.04 Å². The molecular weight excluding hydrogens is 383 g/mol. The summed E-state index contributed by atoms with van der Waals surface area (Å²) in [6.45, 7) is 1.50. The summed E-state index contributed by atoms with van der Waals surface area (Å²) in [5.41, 5.74) is 0.314. The molecule has 1 aliphatic rings. The van der Waals surface area contributed by atoms with E-state index in [9.17, 15) is 22.8 Å². The molecule has 0 spiro atoms. The van der Waals surface area contributed by atoms with E-state index in [1.165, 1.54) is 25.1 Å². The van der Waals surface area contributed by atoms with E-state index in [4.69, 9.17) is 4.74 Å². The predicted molar refractivity (Wildman–Crippen MR) is 102 cm³/mol. The molecule has 0 aromatic heterocycles. The number of carbonyl (C=O) groups is 2. The molecule has 1 N–H and O–H groups in total. The van der Waals surface area contributed by atoms with Crippen LogP contribution < -0.4 is 5.32 Å². The lowest BCUT2D eigenvalue weighted by Gasteiger charge is -2.18. The van der Waals surface area contributed by atoms with Crippen molar-refractivity contribution < 1.29 is 27.5 Å². The summed E-state index contributed by atoms with van der Waals surface area (Å²) in [5.74, 6) is -1.05. The summed E-state index contributed by atoms with van der Waals surface area (Å²) < 4.78 is 43.7. The largest absolute Gasteiger partial charge is 0.449 e. The second-order valence-electron chi connectivity index (χ2n) is 7.16. The van der Waals surface area contributed by atoms with E-state index in [2.05, 4.69) is 5.32 Å². The molecule has 1 aliphatic carbocycles. The van der Waals surface area contributed by atoms with Crippen LogP contribution in [-0.2, 0) is 15.7 Å². The maximum atomic E-state index is 12.8. The summed E-state index contributed by atoms with van der Waals surface area (Å²) in [6.07, 6.45) is -1.42. The molecule has 2 aromatic carbocycles. The highest BCUT2D eigenvalue weighted by molar-refractivity contribution is 5.98. The Morgan fingerprint density at radius 1 is 1.03 bits per heavy atom. The van der Waals surface area contributed by atoms with Gasteiger partial charge in [0.2, 0.25) is 0 Å². The van der Waals surface area contributed by atoms with Crippen LogP contribution in [0.2, 0.25) is 0 Å². The smallest absolute Gasteiger partial charge is 0.416 e. The summed E-state index contributed by atoms with van der Waals surface area (Å²) in [6, 6.07) is 11.1. The number of hydrogen-bond donors (Lipinski definition) is 1. The molecular formula is C22H22F3NO3. The lowest BCUT2D eigenvalue weighted by molar-refractivity contribution is -0.137. The van der Waals surface area contributed by atoms with Crippen molar-refractivity contribution >= 4 is 11.9 Å². The van der Waals surface area contributed by atoms with Crippen LogP contribution in [0.3, 0.4) is 0 Å². The highest BCUT2D eigenvalue weighted by Gasteiger charge is 2.30. The number of halogens is 3. The minimum atomic E-state index is -4.43. The molecule has 0 unspecified atom stereocenters. The third-order valence-corrected chi connectivity index (χ3v) is 5.02. The Bertz CT molecular complexity index is 872. The maximum Gasteiger partial charge on any atom is 0.416 e. The second-order valence-corrected chi connectivity index (χ2v) is 7.16. The first-order valence-corrected chi connectivity index (χ1v) is 9.53. The van der Waals surface area contributed by atoms with Gasteiger partial charge in [0.05, 0.1) is 11.1 Å². The zero-order valence-electron chi connectivity index (χ0n) is 16.0. The molecule has 0 aliphatic heterocycles. The van der Waals surface area contributed by atoms with E-state index in [0.717, 1.165) is 37.8 Å². The van der Waals surface area contributed by atoms with Crippen molar-refractivity contribution in [1.29, 1.82) is 0 Å². The monoisotopic (exact) mass is 405 g/mol. The van der Waals surface area contributed by atoms with Gasteiger partial charge in [0.15, 0.2) is 6.10 Å². The Morgan fingerprint density at radius 3 is 2.28 bits per heavy atom. The number of nitrogens with one attached hydrogen (secondary N) is 1. The molecule has 154 valence electrons. The van der Waals surface area contributed by atoms with Crippen LogP contribution in [0.5, 0.6) is 0 Å².